The normalized spacial score (nSPS) is 12.3. The van der Waals surface area contributed by atoms with Gasteiger partial charge >= 0.3 is 5.69 Å². The van der Waals surface area contributed by atoms with Gasteiger partial charge in [-0.2, -0.15) is 0 Å². The van der Waals surface area contributed by atoms with Crippen molar-refractivity contribution in [1.82, 2.24) is 14.5 Å². The van der Waals surface area contributed by atoms with Crippen LogP contribution in [0.3, 0.4) is 0 Å². The lowest BCUT2D eigenvalue weighted by Crippen LogP contribution is -2.41. The summed E-state index contributed by atoms with van der Waals surface area (Å²) < 4.78 is 13.6. The molecule has 3 aromatic carbocycles. The summed E-state index contributed by atoms with van der Waals surface area (Å²) in [4.78, 5) is 39.7. The molecule has 8 nitrogen and oxygen atoms in total. The predicted molar refractivity (Wildman–Crippen MR) is 137 cm³/mol. The molecule has 5 rings (SSSR count). The molecule has 0 fully saturated rings. The minimum atomic E-state index is -0.413. The molecule has 0 radical (unpaired) electrons. The number of aromatic nitrogens is 2. The van der Waals surface area contributed by atoms with Gasteiger partial charge in [0.15, 0.2) is 11.5 Å². The minimum Gasteiger partial charge on any atom is -0.454 e. The number of nitrogens with one attached hydrogen (secondary N) is 1. The number of carbonyl (C=O) groups is 1. The largest absolute Gasteiger partial charge is 0.454 e. The van der Waals surface area contributed by atoms with Gasteiger partial charge < -0.3 is 14.8 Å². The van der Waals surface area contributed by atoms with E-state index in [2.05, 4.69) is 5.32 Å². The summed E-state index contributed by atoms with van der Waals surface area (Å²) in [7, 11) is 0. The third-order valence-corrected chi connectivity index (χ3v) is 6.11. The van der Waals surface area contributed by atoms with E-state index in [0.717, 1.165) is 11.1 Å². The SMILES string of the molecule is CC(C)Cn1c(=O)n(Cc2ccccc2)c(=O)c2cc(C(=O)NCc3ccc4c(c3)OCO4)ccc21. The van der Waals surface area contributed by atoms with E-state index in [1.165, 1.54) is 4.57 Å². The molecule has 1 N–H and O–H groups in total. The predicted octanol–water partition coefficient (Wildman–Crippen LogP) is 3.53. The molecule has 4 aromatic rings. The summed E-state index contributed by atoms with van der Waals surface area (Å²) in [5.41, 5.74) is 1.82. The van der Waals surface area contributed by atoms with E-state index in [0.29, 0.717) is 41.1 Å². The Hall–Kier alpha value is -4.33. The Morgan fingerprint density at radius 1 is 0.917 bits per heavy atom. The maximum atomic E-state index is 13.4. The molecule has 36 heavy (non-hydrogen) atoms. The van der Waals surface area contributed by atoms with Crippen molar-refractivity contribution < 1.29 is 14.3 Å². The Morgan fingerprint density at radius 3 is 2.47 bits per heavy atom. The number of amides is 1. The van der Waals surface area contributed by atoms with Crippen molar-refractivity contribution >= 4 is 16.8 Å². The van der Waals surface area contributed by atoms with Crippen LogP contribution in [0.2, 0.25) is 0 Å². The van der Waals surface area contributed by atoms with Crippen molar-refractivity contribution in [3.63, 3.8) is 0 Å². The Bertz CT molecular complexity index is 1550. The summed E-state index contributed by atoms with van der Waals surface area (Å²) in [6.45, 7) is 5.13. The Morgan fingerprint density at radius 2 is 1.69 bits per heavy atom. The Kier molecular flexibility index (Phi) is 6.33. The molecule has 1 amide bonds. The number of hydrogen-bond donors (Lipinski definition) is 1. The van der Waals surface area contributed by atoms with Crippen LogP contribution in [0.15, 0.2) is 76.3 Å². The van der Waals surface area contributed by atoms with Gasteiger partial charge in [-0.3, -0.25) is 18.7 Å². The fourth-order valence-corrected chi connectivity index (χ4v) is 4.35. The number of rotatable bonds is 7. The second-order valence-electron chi connectivity index (χ2n) is 9.27. The number of hydrogen-bond acceptors (Lipinski definition) is 5. The van der Waals surface area contributed by atoms with Gasteiger partial charge in [0.25, 0.3) is 11.5 Å². The highest BCUT2D eigenvalue weighted by molar-refractivity contribution is 5.97. The molecule has 0 bridgehead atoms. The first kappa shape index (κ1) is 23.4. The second-order valence-corrected chi connectivity index (χ2v) is 9.27. The fourth-order valence-electron chi connectivity index (χ4n) is 4.35. The van der Waals surface area contributed by atoms with Crippen LogP contribution >= 0.6 is 0 Å². The number of benzene rings is 3. The standard InChI is InChI=1S/C28H27N3O5/c1-18(2)15-30-23-10-9-21(26(32)29-14-20-8-11-24-25(12-20)36-17-35-24)13-22(23)27(33)31(28(30)34)16-19-6-4-3-5-7-19/h3-13,18H,14-17H2,1-2H3,(H,29,32). The van der Waals surface area contributed by atoms with E-state index < -0.39 is 5.56 Å². The molecule has 184 valence electrons. The van der Waals surface area contributed by atoms with Gasteiger partial charge in [-0.1, -0.05) is 50.2 Å². The van der Waals surface area contributed by atoms with Crippen molar-refractivity contribution in [3.05, 3.63) is 104 Å². The molecule has 2 heterocycles. The maximum Gasteiger partial charge on any atom is 0.331 e. The van der Waals surface area contributed by atoms with Gasteiger partial charge in [0.2, 0.25) is 6.79 Å². The van der Waals surface area contributed by atoms with Gasteiger partial charge in [-0.15, -0.1) is 0 Å². The third-order valence-electron chi connectivity index (χ3n) is 6.11. The quantitative estimate of drug-likeness (QED) is 0.433. The molecule has 0 spiro atoms. The molecule has 1 aromatic heterocycles. The lowest BCUT2D eigenvalue weighted by molar-refractivity contribution is 0.0951. The smallest absolute Gasteiger partial charge is 0.331 e. The molecular weight excluding hydrogens is 458 g/mol. The van der Waals surface area contributed by atoms with Crippen LogP contribution < -0.4 is 26.0 Å². The van der Waals surface area contributed by atoms with Crippen LogP contribution in [0, 0.1) is 5.92 Å². The van der Waals surface area contributed by atoms with E-state index in [9.17, 15) is 14.4 Å². The monoisotopic (exact) mass is 485 g/mol. The molecule has 1 aliphatic heterocycles. The average molecular weight is 486 g/mol. The highest BCUT2D eigenvalue weighted by atomic mass is 16.7. The van der Waals surface area contributed by atoms with Crippen molar-refractivity contribution in [2.45, 2.75) is 33.5 Å². The third kappa shape index (κ3) is 4.62. The summed E-state index contributed by atoms with van der Waals surface area (Å²) in [6, 6.07) is 19.8. The minimum absolute atomic E-state index is 0.160. The first-order chi connectivity index (χ1) is 17.4. The van der Waals surface area contributed by atoms with Crippen LogP contribution in [-0.4, -0.2) is 21.8 Å². The molecule has 0 unspecified atom stereocenters. The van der Waals surface area contributed by atoms with E-state index >= 15 is 0 Å². The number of fused-ring (bicyclic) bond motifs is 2. The lowest BCUT2D eigenvalue weighted by Gasteiger charge is -2.16. The lowest BCUT2D eigenvalue weighted by atomic mass is 10.1. The van der Waals surface area contributed by atoms with Crippen molar-refractivity contribution in [2.24, 2.45) is 5.92 Å². The summed E-state index contributed by atoms with van der Waals surface area (Å²) in [6.07, 6.45) is 0. The topological polar surface area (TPSA) is 91.6 Å². The van der Waals surface area contributed by atoms with Crippen molar-refractivity contribution in [3.8, 4) is 11.5 Å². The van der Waals surface area contributed by atoms with E-state index in [-0.39, 0.29) is 30.9 Å². The number of nitrogens with zero attached hydrogens (tertiary/aromatic N) is 2. The zero-order valence-electron chi connectivity index (χ0n) is 20.2. The Labute approximate surface area is 207 Å². The van der Waals surface area contributed by atoms with E-state index in [1.807, 2.05) is 62.4 Å². The van der Waals surface area contributed by atoms with Crippen LogP contribution in [0.4, 0.5) is 0 Å². The van der Waals surface area contributed by atoms with Crippen molar-refractivity contribution in [2.75, 3.05) is 6.79 Å². The molecule has 1 aliphatic rings. The molecule has 0 atom stereocenters. The summed E-state index contributed by atoms with van der Waals surface area (Å²) in [5, 5.41) is 3.23. The maximum absolute atomic E-state index is 13.4. The molecule has 0 saturated carbocycles. The van der Waals surface area contributed by atoms with E-state index in [4.69, 9.17) is 9.47 Å². The number of ether oxygens (including phenoxy) is 2. The van der Waals surface area contributed by atoms with E-state index in [1.54, 1.807) is 22.8 Å². The molecule has 8 heteroatoms. The van der Waals surface area contributed by atoms with Crippen molar-refractivity contribution in [1.29, 1.82) is 0 Å². The van der Waals surface area contributed by atoms with Crippen LogP contribution in [0.1, 0.15) is 35.3 Å². The average Bonchev–Trinajstić information content (AvgIpc) is 3.36. The first-order valence-electron chi connectivity index (χ1n) is 11.9. The van der Waals surface area contributed by atoms with Gasteiger partial charge in [0.1, 0.15) is 0 Å². The van der Waals surface area contributed by atoms with Gasteiger partial charge in [-0.25, -0.2) is 4.79 Å². The zero-order chi connectivity index (χ0) is 25.2. The highest BCUT2D eigenvalue weighted by Crippen LogP contribution is 2.32. The number of carbonyl (C=O) groups excluding carboxylic acids is 1. The molecule has 0 aliphatic carbocycles. The zero-order valence-corrected chi connectivity index (χ0v) is 20.2. The van der Waals surface area contributed by atoms with Gasteiger partial charge in [0.05, 0.1) is 17.4 Å². The first-order valence-corrected chi connectivity index (χ1v) is 11.9. The van der Waals surface area contributed by atoms with Crippen LogP contribution in [0.25, 0.3) is 10.9 Å². The molecular formula is C28H27N3O5. The fraction of sp³-hybridized carbons (Fsp3) is 0.250. The Balaban J connectivity index is 1.49. The molecule has 0 saturated heterocycles. The second kappa shape index (κ2) is 9.73. The van der Waals surface area contributed by atoms with Gasteiger partial charge in [0, 0.05) is 18.7 Å². The summed E-state index contributed by atoms with van der Waals surface area (Å²) in [5.74, 6) is 1.21. The van der Waals surface area contributed by atoms with Gasteiger partial charge in [-0.05, 0) is 47.4 Å². The summed E-state index contributed by atoms with van der Waals surface area (Å²) >= 11 is 0. The highest BCUT2D eigenvalue weighted by Gasteiger charge is 2.17. The van der Waals surface area contributed by atoms with Crippen LogP contribution in [-0.2, 0) is 19.6 Å². The van der Waals surface area contributed by atoms with Crippen LogP contribution in [0.5, 0.6) is 11.5 Å².